The predicted molar refractivity (Wildman–Crippen MR) is 157 cm³/mol. The molecule has 2 fully saturated rings. The average Bonchev–Trinajstić information content (AvgIpc) is 3.78. The molecule has 0 radical (unpaired) electrons. The smallest absolute Gasteiger partial charge is 0.326 e. The molecule has 3 aromatic rings. The third-order valence-corrected chi connectivity index (χ3v) is 8.31. The number of nitrogens with zero attached hydrogens (tertiary/aromatic N) is 3. The number of carboxylic acid groups (broad SMARTS) is 1. The van der Waals surface area contributed by atoms with Gasteiger partial charge in [-0.2, -0.15) is 0 Å². The maximum Gasteiger partial charge on any atom is 0.326 e. The van der Waals surface area contributed by atoms with Crippen LogP contribution in [0.1, 0.15) is 37.5 Å². The van der Waals surface area contributed by atoms with Crippen LogP contribution in [-0.4, -0.2) is 82.0 Å². The van der Waals surface area contributed by atoms with Crippen LogP contribution < -0.4 is 5.32 Å². The molecular formula is C33H38N4O4. The van der Waals surface area contributed by atoms with Gasteiger partial charge in [-0.1, -0.05) is 105 Å². The summed E-state index contributed by atoms with van der Waals surface area (Å²) in [5.74, 6) is -1.24. The molecule has 2 aliphatic heterocycles. The number of carboxylic acids is 1. The molecule has 3 aromatic carbocycles. The zero-order valence-electron chi connectivity index (χ0n) is 23.8. The van der Waals surface area contributed by atoms with Crippen molar-refractivity contribution >= 4 is 17.9 Å². The van der Waals surface area contributed by atoms with Gasteiger partial charge < -0.3 is 20.2 Å². The van der Waals surface area contributed by atoms with Crippen LogP contribution in [0.25, 0.3) is 0 Å². The Morgan fingerprint density at radius 1 is 0.805 bits per heavy atom. The van der Waals surface area contributed by atoms with E-state index in [-0.39, 0.29) is 23.9 Å². The monoisotopic (exact) mass is 554 g/mol. The molecule has 2 N–H and O–H groups in total. The molecule has 2 saturated heterocycles. The number of nitrogens with one attached hydrogen (secondary N) is 1. The van der Waals surface area contributed by atoms with Crippen LogP contribution in [0.15, 0.2) is 91.0 Å². The van der Waals surface area contributed by atoms with Gasteiger partial charge in [0.05, 0.1) is 5.54 Å². The number of urea groups is 1. The standard InChI is InChI=1S/C33H38N4O4/c1-23(2)29(31(39)40)34-32(41)35-19-20-36(24(3)21-35)30(38)28-22-37(28)33(25-13-7-4-8-14-25,26-15-9-5-10-16-26)27-17-11-6-12-18-27/h4-18,23-24,28-29H,19-22H2,1-3H3,(H,34,41)(H,39,40)/t24-,28?,29+,37?/m1/s1. The zero-order valence-corrected chi connectivity index (χ0v) is 23.8. The van der Waals surface area contributed by atoms with Crippen molar-refractivity contribution in [2.45, 2.75) is 44.4 Å². The van der Waals surface area contributed by atoms with Crippen molar-refractivity contribution < 1.29 is 19.5 Å². The molecule has 8 nitrogen and oxygen atoms in total. The first-order valence-corrected chi connectivity index (χ1v) is 14.3. The molecule has 2 aliphatic rings. The second kappa shape index (κ2) is 11.7. The van der Waals surface area contributed by atoms with Gasteiger partial charge in [-0.25, -0.2) is 9.59 Å². The third-order valence-electron chi connectivity index (χ3n) is 8.31. The molecule has 0 aromatic heterocycles. The number of hydrogen-bond acceptors (Lipinski definition) is 4. The average molecular weight is 555 g/mol. The topological polar surface area (TPSA) is 93.0 Å². The van der Waals surface area contributed by atoms with Crippen molar-refractivity contribution in [2.24, 2.45) is 5.92 Å². The molecule has 8 heteroatoms. The second-order valence-corrected chi connectivity index (χ2v) is 11.3. The van der Waals surface area contributed by atoms with Gasteiger partial charge in [0.25, 0.3) is 0 Å². The van der Waals surface area contributed by atoms with Gasteiger partial charge >= 0.3 is 12.0 Å². The van der Waals surface area contributed by atoms with Gasteiger partial charge in [0.15, 0.2) is 0 Å². The number of carbonyl (C=O) groups excluding carboxylic acids is 2. The normalized spacial score (nSPS) is 21.3. The minimum atomic E-state index is -1.05. The van der Waals surface area contributed by atoms with Gasteiger partial charge in [-0.15, -0.1) is 0 Å². The molecule has 3 amide bonds. The zero-order chi connectivity index (χ0) is 29.1. The van der Waals surface area contributed by atoms with Gasteiger partial charge in [-0.3, -0.25) is 9.69 Å². The Labute approximate surface area is 241 Å². The summed E-state index contributed by atoms with van der Waals surface area (Å²) >= 11 is 0. The van der Waals surface area contributed by atoms with Crippen LogP contribution in [0.2, 0.25) is 0 Å². The van der Waals surface area contributed by atoms with Crippen LogP contribution in [0, 0.1) is 5.92 Å². The van der Waals surface area contributed by atoms with E-state index in [1.165, 1.54) is 0 Å². The molecule has 5 rings (SSSR count). The third kappa shape index (κ3) is 5.44. The Morgan fingerprint density at radius 2 is 1.29 bits per heavy atom. The number of amides is 3. The molecule has 214 valence electrons. The highest BCUT2D eigenvalue weighted by Gasteiger charge is 2.57. The Morgan fingerprint density at radius 3 is 1.71 bits per heavy atom. The summed E-state index contributed by atoms with van der Waals surface area (Å²) in [4.78, 5) is 44.3. The molecular weight excluding hydrogens is 516 g/mol. The second-order valence-electron chi connectivity index (χ2n) is 11.3. The first-order valence-electron chi connectivity index (χ1n) is 14.3. The maximum atomic E-state index is 14.0. The molecule has 0 aliphatic carbocycles. The first-order chi connectivity index (χ1) is 19.7. The van der Waals surface area contributed by atoms with Gasteiger partial charge in [-0.05, 0) is 29.5 Å². The van der Waals surface area contributed by atoms with E-state index in [2.05, 4.69) is 46.6 Å². The Bertz CT molecular complexity index is 1270. The van der Waals surface area contributed by atoms with Crippen LogP contribution in [0.5, 0.6) is 0 Å². The fourth-order valence-electron chi connectivity index (χ4n) is 6.16. The molecule has 0 bridgehead atoms. The minimum Gasteiger partial charge on any atom is -0.480 e. The number of rotatable bonds is 8. The van der Waals surface area contributed by atoms with Crippen molar-refractivity contribution in [3.8, 4) is 0 Å². The number of aliphatic carboxylic acids is 1. The van der Waals surface area contributed by atoms with Crippen molar-refractivity contribution in [3.05, 3.63) is 108 Å². The molecule has 41 heavy (non-hydrogen) atoms. The van der Waals surface area contributed by atoms with E-state index in [0.717, 1.165) is 16.7 Å². The summed E-state index contributed by atoms with van der Waals surface area (Å²) in [6, 6.07) is 29.1. The lowest BCUT2D eigenvalue weighted by molar-refractivity contribution is -0.140. The summed E-state index contributed by atoms with van der Waals surface area (Å²) in [5.41, 5.74) is 2.65. The molecule has 2 unspecified atom stereocenters. The fourth-order valence-corrected chi connectivity index (χ4v) is 6.16. The molecule has 4 atom stereocenters. The number of carbonyl (C=O) groups is 3. The Kier molecular flexibility index (Phi) is 8.13. The van der Waals surface area contributed by atoms with E-state index >= 15 is 0 Å². The van der Waals surface area contributed by atoms with Crippen molar-refractivity contribution in [1.29, 1.82) is 0 Å². The SMILES string of the molecule is CC(C)[C@H](NC(=O)N1CCN(C(=O)C2CN2C(c2ccccc2)(c2ccccc2)c2ccccc2)[C@H](C)C1)C(=O)O. The van der Waals surface area contributed by atoms with Crippen LogP contribution in [-0.2, 0) is 15.1 Å². The number of piperazine rings is 1. The van der Waals surface area contributed by atoms with Gasteiger partial charge in [0.1, 0.15) is 12.1 Å². The summed E-state index contributed by atoms with van der Waals surface area (Å²) in [6.07, 6.45) is 0. The summed E-state index contributed by atoms with van der Waals surface area (Å²) < 4.78 is 0. The Balaban J connectivity index is 1.39. The van der Waals surface area contributed by atoms with E-state index in [1.54, 1.807) is 18.7 Å². The maximum absolute atomic E-state index is 14.0. The quantitative estimate of drug-likeness (QED) is 0.324. The van der Waals surface area contributed by atoms with E-state index in [0.29, 0.717) is 26.2 Å². The molecule has 2 heterocycles. The van der Waals surface area contributed by atoms with Crippen LogP contribution in [0.3, 0.4) is 0 Å². The van der Waals surface area contributed by atoms with E-state index in [4.69, 9.17) is 0 Å². The summed E-state index contributed by atoms with van der Waals surface area (Å²) in [5, 5.41) is 12.1. The highest BCUT2D eigenvalue weighted by Crippen LogP contribution is 2.48. The minimum absolute atomic E-state index is 0.0512. The largest absolute Gasteiger partial charge is 0.480 e. The highest BCUT2D eigenvalue weighted by atomic mass is 16.4. The molecule has 0 spiro atoms. The lowest BCUT2D eigenvalue weighted by Crippen LogP contribution is -2.60. The fraction of sp³-hybridized carbons (Fsp3) is 0.364. The van der Waals surface area contributed by atoms with Gasteiger partial charge in [0.2, 0.25) is 5.91 Å². The van der Waals surface area contributed by atoms with E-state index < -0.39 is 23.6 Å². The number of hydrogen-bond donors (Lipinski definition) is 2. The highest BCUT2D eigenvalue weighted by molar-refractivity contribution is 5.87. The van der Waals surface area contributed by atoms with E-state index in [1.807, 2.05) is 66.4 Å². The molecule has 0 saturated carbocycles. The lowest BCUT2D eigenvalue weighted by Gasteiger charge is -2.41. The Hall–Kier alpha value is -4.17. The lowest BCUT2D eigenvalue weighted by atomic mass is 9.76. The van der Waals surface area contributed by atoms with Crippen LogP contribution >= 0.6 is 0 Å². The van der Waals surface area contributed by atoms with Gasteiger partial charge in [0, 0.05) is 32.2 Å². The van der Waals surface area contributed by atoms with Crippen molar-refractivity contribution in [3.63, 3.8) is 0 Å². The van der Waals surface area contributed by atoms with Crippen molar-refractivity contribution in [1.82, 2.24) is 20.0 Å². The van der Waals surface area contributed by atoms with E-state index in [9.17, 15) is 19.5 Å². The first kappa shape index (κ1) is 28.4. The summed E-state index contributed by atoms with van der Waals surface area (Å²) in [7, 11) is 0. The predicted octanol–water partition coefficient (Wildman–Crippen LogP) is 4.01. The summed E-state index contributed by atoms with van der Waals surface area (Å²) in [6.45, 7) is 7.17. The van der Waals surface area contributed by atoms with Crippen LogP contribution in [0.4, 0.5) is 4.79 Å². The number of benzene rings is 3. The van der Waals surface area contributed by atoms with Crippen molar-refractivity contribution in [2.75, 3.05) is 26.2 Å².